The maximum Gasteiger partial charge on any atom is 0.337 e. The minimum Gasteiger partial charge on any atom is -0.465 e. The third kappa shape index (κ3) is 4.38. The molecule has 1 aliphatic rings. The van der Waals surface area contributed by atoms with E-state index in [1.54, 1.807) is 29.2 Å². The molecular formula is C18H19N5O4. The van der Waals surface area contributed by atoms with Gasteiger partial charge in [-0.25, -0.2) is 14.8 Å². The zero-order valence-electron chi connectivity index (χ0n) is 14.8. The molecule has 9 heteroatoms. The third-order valence-corrected chi connectivity index (χ3v) is 4.21. The number of ether oxygens (including phenoxy) is 1. The normalized spacial score (nSPS) is 13.8. The molecule has 2 heterocycles. The Kier molecular flexibility index (Phi) is 5.60. The molecule has 1 aromatic carbocycles. The number of carbonyl (C=O) groups is 3. The number of nitrogens with one attached hydrogen (secondary N) is 1. The minimum absolute atomic E-state index is 0.322. The maximum atomic E-state index is 12.3. The summed E-state index contributed by atoms with van der Waals surface area (Å²) in [4.78, 5) is 46.6. The van der Waals surface area contributed by atoms with E-state index in [0.717, 1.165) is 6.41 Å². The molecule has 27 heavy (non-hydrogen) atoms. The molecule has 3 rings (SSSR count). The Hall–Kier alpha value is -3.49. The van der Waals surface area contributed by atoms with Crippen molar-refractivity contribution in [2.24, 2.45) is 0 Å². The van der Waals surface area contributed by atoms with Crippen molar-refractivity contribution in [2.75, 3.05) is 43.5 Å². The number of aromatic nitrogens is 2. The zero-order valence-corrected chi connectivity index (χ0v) is 14.8. The smallest absolute Gasteiger partial charge is 0.337 e. The van der Waals surface area contributed by atoms with Crippen LogP contribution in [0.5, 0.6) is 0 Å². The lowest BCUT2D eigenvalue weighted by atomic mass is 10.2. The van der Waals surface area contributed by atoms with Gasteiger partial charge in [0.2, 0.25) is 12.4 Å². The second kappa shape index (κ2) is 8.26. The number of anilines is 2. The number of carbonyl (C=O) groups excluding carboxylic acids is 3. The summed E-state index contributed by atoms with van der Waals surface area (Å²) in [5.74, 6) is -0.261. The van der Waals surface area contributed by atoms with Gasteiger partial charge in [-0.1, -0.05) is 0 Å². The van der Waals surface area contributed by atoms with E-state index in [-0.39, 0.29) is 5.91 Å². The molecule has 0 aliphatic carbocycles. The highest BCUT2D eigenvalue weighted by atomic mass is 16.5. The van der Waals surface area contributed by atoms with Crippen molar-refractivity contribution in [3.05, 3.63) is 47.8 Å². The standard InChI is InChI=1S/C18H19N5O4/c1-27-17(26)13-2-4-15(5-3-13)21-16(25)14-10-19-18(20-11-14)23-8-6-22(12-24)7-9-23/h2-5,10-12H,6-9H2,1H3,(H,21,25). The van der Waals surface area contributed by atoms with Crippen molar-refractivity contribution in [3.8, 4) is 0 Å². The largest absolute Gasteiger partial charge is 0.465 e. The lowest BCUT2D eigenvalue weighted by Crippen LogP contribution is -2.46. The number of benzene rings is 1. The predicted octanol–water partition coefficient (Wildman–Crippen LogP) is 0.794. The van der Waals surface area contributed by atoms with Gasteiger partial charge in [-0.05, 0) is 24.3 Å². The van der Waals surface area contributed by atoms with Gasteiger partial charge in [0.1, 0.15) is 0 Å². The lowest BCUT2D eigenvalue weighted by molar-refractivity contribution is -0.118. The molecule has 9 nitrogen and oxygen atoms in total. The van der Waals surface area contributed by atoms with Crippen molar-refractivity contribution in [2.45, 2.75) is 0 Å². The van der Waals surface area contributed by atoms with Gasteiger partial charge in [0.15, 0.2) is 0 Å². The van der Waals surface area contributed by atoms with Crippen molar-refractivity contribution < 1.29 is 19.1 Å². The van der Waals surface area contributed by atoms with Crippen LogP contribution in [0.15, 0.2) is 36.7 Å². The summed E-state index contributed by atoms with van der Waals surface area (Å²) in [6, 6.07) is 6.37. The number of piperazine rings is 1. The van der Waals surface area contributed by atoms with Gasteiger partial charge in [-0.2, -0.15) is 0 Å². The van der Waals surface area contributed by atoms with E-state index in [4.69, 9.17) is 0 Å². The van der Waals surface area contributed by atoms with Crippen LogP contribution in [0, 0.1) is 0 Å². The molecule has 0 radical (unpaired) electrons. The monoisotopic (exact) mass is 369 g/mol. The molecule has 1 N–H and O–H groups in total. The summed E-state index contributed by atoms with van der Waals surface area (Å²) in [6.07, 6.45) is 3.77. The fraction of sp³-hybridized carbons (Fsp3) is 0.278. The Morgan fingerprint density at radius 1 is 1.04 bits per heavy atom. The van der Waals surface area contributed by atoms with Gasteiger partial charge in [0, 0.05) is 44.3 Å². The molecule has 1 fully saturated rings. The van der Waals surface area contributed by atoms with Crippen molar-refractivity contribution in [3.63, 3.8) is 0 Å². The second-order valence-corrected chi connectivity index (χ2v) is 5.92. The van der Waals surface area contributed by atoms with Crippen LogP contribution in [0.3, 0.4) is 0 Å². The van der Waals surface area contributed by atoms with E-state index in [9.17, 15) is 14.4 Å². The van der Waals surface area contributed by atoms with Crippen LogP contribution in [-0.4, -0.2) is 66.4 Å². The highest BCUT2D eigenvalue weighted by Crippen LogP contribution is 2.13. The molecule has 0 spiro atoms. The molecule has 140 valence electrons. The fourth-order valence-corrected chi connectivity index (χ4v) is 2.64. The predicted molar refractivity (Wildman–Crippen MR) is 97.6 cm³/mol. The van der Waals surface area contributed by atoms with Crippen LogP contribution in [0.2, 0.25) is 0 Å². The highest BCUT2D eigenvalue weighted by Gasteiger charge is 2.18. The van der Waals surface area contributed by atoms with Crippen LogP contribution in [0.4, 0.5) is 11.6 Å². The average molecular weight is 369 g/mol. The number of esters is 1. The summed E-state index contributed by atoms with van der Waals surface area (Å²) < 4.78 is 4.63. The molecule has 0 unspecified atom stereocenters. The number of methoxy groups -OCH3 is 1. The minimum atomic E-state index is -0.439. The van der Waals surface area contributed by atoms with Crippen LogP contribution >= 0.6 is 0 Å². The summed E-state index contributed by atoms with van der Waals surface area (Å²) in [5, 5.41) is 2.72. The SMILES string of the molecule is COC(=O)c1ccc(NC(=O)c2cnc(N3CCN(C=O)CC3)nc2)cc1. The van der Waals surface area contributed by atoms with Gasteiger partial charge in [0.25, 0.3) is 5.91 Å². The number of amides is 2. The van der Waals surface area contributed by atoms with Crippen LogP contribution in [0.1, 0.15) is 20.7 Å². The van der Waals surface area contributed by atoms with Gasteiger partial charge in [-0.3, -0.25) is 9.59 Å². The van der Waals surface area contributed by atoms with E-state index >= 15 is 0 Å². The molecule has 2 aromatic rings. The summed E-state index contributed by atoms with van der Waals surface area (Å²) in [5.41, 5.74) is 1.27. The number of hydrogen-bond donors (Lipinski definition) is 1. The van der Waals surface area contributed by atoms with E-state index in [1.165, 1.54) is 19.5 Å². The fourth-order valence-electron chi connectivity index (χ4n) is 2.64. The highest BCUT2D eigenvalue weighted by molar-refractivity contribution is 6.04. The number of rotatable bonds is 5. The van der Waals surface area contributed by atoms with E-state index in [1.807, 2.05) is 4.90 Å². The molecule has 1 saturated heterocycles. The molecule has 0 atom stereocenters. The molecular weight excluding hydrogens is 350 g/mol. The molecule has 1 aliphatic heterocycles. The molecule has 1 aromatic heterocycles. The first kappa shape index (κ1) is 18.3. The molecule has 0 saturated carbocycles. The zero-order chi connectivity index (χ0) is 19.2. The lowest BCUT2D eigenvalue weighted by Gasteiger charge is -2.32. The van der Waals surface area contributed by atoms with Gasteiger partial charge >= 0.3 is 5.97 Å². The van der Waals surface area contributed by atoms with E-state index < -0.39 is 5.97 Å². The average Bonchev–Trinajstić information content (AvgIpc) is 2.74. The van der Waals surface area contributed by atoms with Crippen molar-refractivity contribution in [1.82, 2.24) is 14.9 Å². The van der Waals surface area contributed by atoms with Crippen LogP contribution in [-0.2, 0) is 9.53 Å². The Balaban J connectivity index is 1.60. The Morgan fingerprint density at radius 3 is 2.22 bits per heavy atom. The third-order valence-electron chi connectivity index (χ3n) is 4.21. The first-order valence-corrected chi connectivity index (χ1v) is 8.37. The van der Waals surface area contributed by atoms with Crippen molar-refractivity contribution in [1.29, 1.82) is 0 Å². The summed E-state index contributed by atoms with van der Waals surface area (Å²) >= 11 is 0. The van der Waals surface area contributed by atoms with E-state index in [0.29, 0.717) is 48.9 Å². The topological polar surface area (TPSA) is 105 Å². The van der Waals surface area contributed by atoms with Gasteiger partial charge in [-0.15, -0.1) is 0 Å². The van der Waals surface area contributed by atoms with Crippen LogP contribution < -0.4 is 10.2 Å². The molecule has 0 bridgehead atoms. The number of hydrogen-bond acceptors (Lipinski definition) is 7. The van der Waals surface area contributed by atoms with Gasteiger partial charge in [0.05, 0.1) is 18.2 Å². The quantitative estimate of drug-likeness (QED) is 0.614. The Bertz CT molecular complexity index is 815. The number of nitrogens with zero attached hydrogens (tertiary/aromatic N) is 4. The Morgan fingerprint density at radius 2 is 1.67 bits per heavy atom. The Labute approximate surface area is 156 Å². The van der Waals surface area contributed by atoms with E-state index in [2.05, 4.69) is 20.0 Å². The first-order chi connectivity index (χ1) is 13.1. The van der Waals surface area contributed by atoms with Crippen LogP contribution in [0.25, 0.3) is 0 Å². The summed E-state index contributed by atoms with van der Waals surface area (Å²) in [7, 11) is 1.31. The molecule has 2 amide bonds. The maximum absolute atomic E-state index is 12.3. The van der Waals surface area contributed by atoms with Crippen molar-refractivity contribution >= 4 is 29.9 Å². The second-order valence-electron chi connectivity index (χ2n) is 5.92. The first-order valence-electron chi connectivity index (χ1n) is 8.37. The summed E-state index contributed by atoms with van der Waals surface area (Å²) in [6.45, 7) is 2.54. The van der Waals surface area contributed by atoms with Gasteiger partial charge < -0.3 is 19.9 Å².